The average molecular weight is 310 g/mol. The lowest BCUT2D eigenvalue weighted by atomic mass is 10.2. The number of H-pyrrole nitrogens is 1. The van der Waals surface area contributed by atoms with Crippen molar-refractivity contribution in [2.75, 3.05) is 6.26 Å². The number of aromatic amines is 1. The molecule has 0 saturated carbocycles. The zero-order valence-electron chi connectivity index (χ0n) is 11.9. The molecule has 0 spiro atoms. The van der Waals surface area contributed by atoms with Gasteiger partial charge in [-0.05, 0) is 42.2 Å². The van der Waals surface area contributed by atoms with Crippen molar-refractivity contribution in [2.24, 2.45) is 0 Å². The molecule has 0 saturated heterocycles. The first-order chi connectivity index (χ1) is 10.7. The van der Waals surface area contributed by atoms with E-state index in [4.69, 9.17) is 0 Å². The molecule has 0 unspecified atom stereocenters. The molecule has 2 N–H and O–H groups in total. The lowest BCUT2D eigenvalue weighted by Gasteiger charge is -1.96. The number of benzene rings is 2. The Bertz CT molecular complexity index is 851. The summed E-state index contributed by atoms with van der Waals surface area (Å²) in [5.74, 6) is -0.335. The van der Waals surface area contributed by atoms with Gasteiger partial charge in [0.05, 0.1) is 11.1 Å². The van der Waals surface area contributed by atoms with Gasteiger partial charge in [0.1, 0.15) is 11.3 Å². The molecule has 0 bridgehead atoms. The van der Waals surface area contributed by atoms with Gasteiger partial charge in [-0.15, -0.1) is 11.8 Å². The van der Waals surface area contributed by atoms with Gasteiger partial charge < -0.3 is 10.1 Å². The van der Waals surface area contributed by atoms with Crippen LogP contribution < -0.4 is 0 Å². The summed E-state index contributed by atoms with van der Waals surface area (Å²) in [6.07, 6.45) is 5.83. The molecule has 3 aromatic rings. The van der Waals surface area contributed by atoms with Crippen molar-refractivity contribution in [1.29, 1.82) is 0 Å². The number of nitrogens with one attached hydrogen (secondary N) is 1. The van der Waals surface area contributed by atoms with Crippen molar-refractivity contribution in [3.63, 3.8) is 0 Å². The van der Waals surface area contributed by atoms with Crippen molar-refractivity contribution >= 4 is 40.9 Å². The molecule has 0 aliphatic carbocycles. The quantitative estimate of drug-likeness (QED) is 0.710. The molecule has 1 aromatic heterocycles. The highest BCUT2D eigenvalue weighted by Gasteiger charge is 2.11. The van der Waals surface area contributed by atoms with E-state index in [-0.39, 0.29) is 5.56 Å². The van der Waals surface area contributed by atoms with Crippen LogP contribution in [-0.2, 0) is 0 Å². The van der Waals surface area contributed by atoms with E-state index in [0.29, 0.717) is 11.3 Å². The Hall–Kier alpha value is -2.53. The molecule has 22 heavy (non-hydrogen) atoms. The van der Waals surface area contributed by atoms with Gasteiger partial charge in [0, 0.05) is 4.90 Å². The van der Waals surface area contributed by atoms with E-state index in [1.54, 1.807) is 23.9 Å². The van der Waals surface area contributed by atoms with Crippen LogP contribution in [0.3, 0.4) is 0 Å². The Balaban J connectivity index is 1.91. The first-order valence-electron chi connectivity index (χ1n) is 6.71. The van der Waals surface area contributed by atoms with E-state index in [1.165, 1.54) is 4.90 Å². The van der Waals surface area contributed by atoms with Crippen LogP contribution in [0.5, 0.6) is 0 Å². The second-order valence-electron chi connectivity index (χ2n) is 4.74. The van der Waals surface area contributed by atoms with Gasteiger partial charge in [-0.3, -0.25) is 0 Å². The molecule has 5 heteroatoms. The SMILES string of the molecule is CSc1ccc(/C=C/c2nc3c(C(=O)O)cccc3[nH]2)cc1. The smallest absolute Gasteiger partial charge is 0.337 e. The van der Waals surface area contributed by atoms with Crippen LogP contribution in [0.2, 0.25) is 0 Å². The number of para-hydroxylation sites is 1. The van der Waals surface area contributed by atoms with Crippen LogP contribution in [-0.4, -0.2) is 27.3 Å². The summed E-state index contributed by atoms with van der Waals surface area (Å²) < 4.78 is 0. The van der Waals surface area contributed by atoms with Gasteiger partial charge in [-0.25, -0.2) is 9.78 Å². The molecule has 0 atom stereocenters. The summed E-state index contributed by atoms with van der Waals surface area (Å²) in [5, 5.41) is 9.18. The van der Waals surface area contributed by atoms with Crippen molar-refractivity contribution in [2.45, 2.75) is 4.90 Å². The maximum atomic E-state index is 11.2. The zero-order chi connectivity index (χ0) is 15.5. The molecule has 0 aliphatic rings. The summed E-state index contributed by atoms with van der Waals surface area (Å²) in [7, 11) is 0. The van der Waals surface area contributed by atoms with Crippen molar-refractivity contribution in [1.82, 2.24) is 9.97 Å². The number of imidazole rings is 1. The number of nitrogens with zero attached hydrogens (tertiary/aromatic N) is 1. The normalized spacial score (nSPS) is 11.3. The van der Waals surface area contributed by atoms with E-state index in [9.17, 15) is 9.90 Å². The lowest BCUT2D eigenvalue weighted by molar-refractivity contribution is 0.0699. The van der Waals surface area contributed by atoms with Crippen LogP contribution in [0.4, 0.5) is 0 Å². The van der Waals surface area contributed by atoms with E-state index in [1.807, 2.05) is 36.6 Å². The maximum Gasteiger partial charge on any atom is 0.337 e. The third-order valence-corrected chi connectivity index (χ3v) is 4.05. The molecular formula is C17H14N2O2S. The molecule has 110 valence electrons. The Morgan fingerprint density at radius 3 is 2.64 bits per heavy atom. The van der Waals surface area contributed by atoms with Crippen LogP contribution in [0, 0.1) is 0 Å². The number of carbonyl (C=O) groups is 1. The molecule has 4 nitrogen and oxygen atoms in total. The molecule has 1 heterocycles. The monoisotopic (exact) mass is 310 g/mol. The van der Waals surface area contributed by atoms with Gasteiger partial charge in [-0.2, -0.15) is 0 Å². The van der Waals surface area contributed by atoms with E-state index in [2.05, 4.69) is 22.1 Å². The van der Waals surface area contributed by atoms with Gasteiger partial charge in [-0.1, -0.05) is 24.3 Å². The number of fused-ring (bicyclic) bond motifs is 1. The standard InChI is InChI=1S/C17H14N2O2S/c1-22-12-8-5-11(6-9-12)7-10-15-18-14-4-2-3-13(17(20)21)16(14)19-15/h2-10H,1H3,(H,18,19)(H,20,21)/b10-7+. The van der Waals surface area contributed by atoms with Gasteiger partial charge in [0.15, 0.2) is 0 Å². The summed E-state index contributed by atoms with van der Waals surface area (Å²) in [6, 6.07) is 13.3. The first kappa shape index (κ1) is 14.4. The second kappa shape index (κ2) is 6.07. The fraction of sp³-hybridized carbons (Fsp3) is 0.0588. The summed E-state index contributed by atoms with van der Waals surface area (Å²) in [5.41, 5.74) is 2.47. The third kappa shape index (κ3) is 2.89. The molecule has 0 aliphatic heterocycles. The molecule has 0 fully saturated rings. The Labute approximate surface area is 131 Å². The number of aromatic nitrogens is 2. The summed E-state index contributed by atoms with van der Waals surface area (Å²) >= 11 is 1.70. The van der Waals surface area contributed by atoms with Crippen LogP contribution in [0.25, 0.3) is 23.2 Å². The minimum Gasteiger partial charge on any atom is -0.478 e. The minimum atomic E-state index is -0.972. The number of rotatable bonds is 4. The second-order valence-corrected chi connectivity index (χ2v) is 5.62. The number of hydrogen-bond acceptors (Lipinski definition) is 3. The predicted molar refractivity (Wildman–Crippen MR) is 90.2 cm³/mol. The number of hydrogen-bond donors (Lipinski definition) is 2. The number of carboxylic acids is 1. The van der Waals surface area contributed by atoms with Crippen molar-refractivity contribution < 1.29 is 9.90 Å². The third-order valence-electron chi connectivity index (χ3n) is 3.31. The summed E-state index contributed by atoms with van der Waals surface area (Å²) in [4.78, 5) is 19.9. The average Bonchev–Trinajstić information content (AvgIpc) is 2.96. The van der Waals surface area contributed by atoms with Gasteiger partial charge in [0.2, 0.25) is 0 Å². The first-order valence-corrected chi connectivity index (χ1v) is 7.94. The fourth-order valence-electron chi connectivity index (χ4n) is 2.19. The van der Waals surface area contributed by atoms with Crippen LogP contribution in [0.1, 0.15) is 21.7 Å². The van der Waals surface area contributed by atoms with Crippen molar-refractivity contribution in [3.8, 4) is 0 Å². The minimum absolute atomic E-state index is 0.206. The number of carboxylic acid groups (broad SMARTS) is 1. The lowest BCUT2D eigenvalue weighted by Crippen LogP contribution is -1.96. The Kier molecular flexibility index (Phi) is 3.98. The Morgan fingerprint density at radius 2 is 1.95 bits per heavy atom. The van der Waals surface area contributed by atoms with E-state index < -0.39 is 5.97 Å². The fourth-order valence-corrected chi connectivity index (χ4v) is 2.60. The highest BCUT2D eigenvalue weighted by atomic mass is 32.2. The number of thioether (sulfide) groups is 1. The van der Waals surface area contributed by atoms with Gasteiger partial charge >= 0.3 is 5.97 Å². The molecular weight excluding hydrogens is 296 g/mol. The van der Waals surface area contributed by atoms with Crippen LogP contribution >= 0.6 is 11.8 Å². The summed E-state index contributed by atoms with van der Waals surface area (Å²) in [6.45, 7) is 0. The molecule has 0 amide bonds. The van der Waals surface area contributed by atoms with Crippen molar-refractivity contribution in [3.05, 3.63) is 59.4 Å². The Morgan fingerprint density at radius 1 is 1.18 bits per heavy atom. The topological polar surface area (TPSA) is 66.0 Å². The molecule has 3 rings (SSSR count). The largest absolute Gasteiger partial charge is 0.478 e. The molecule has 2 aromatic carbocycles. The van der Waals surface area contributed by atoms with E-state index >= 15 is 0 Å². The highest BCUT2D eigenvalue weighted by molar-refractivity contribution is 7.98. The van der Waals surface area contributed by atoms with Gasteiger partial charge in [0.25, 0.3) is 0 Å². The maximum absolute atomic E-state index is 11.2. The van der Waals surface area contributed by atoms with Crippen LogP contribution in [0.15, 0.2) is 47.4 Å². The highest BCUT2D eigenvalue weighted by Crippen LogP contribution is 2.19. The molecule has 0 radical (unpaired) electrons. The van der Waals surface area contributed by atoms with E-state index in [0.717, 1.165) is 11.1 Å². The number of aromatic carboxylic acids is 1. The predicted octanol–water partition coefficient (Wildman–Crippen LogP) is 4.15. The zero-order valence-corrected chi connectivity index (χ0v) is 12.7.